The Morgan fingerprint density at radius 1 is 1.38 bits per heavy atom. The molecule has 0 heterocycles. The molecule has 0 aromatic rings. The van der Waals surface area contributed by atoms with Crippen molar-refractivity contribution in [3.8, 4) is 0 Å². The van der Waals surface area contributed by atoms with E-state index >= 15 is 0 Å². The molecule has 1 nitrogen and oxygen atoms in total. The maximum atomic E-state index is 12.3. The highest BCUT2D eigenvalue weighted by Gasteiger charge is 2.29. The van der Waals surface area contributed by atoms with Crippen molar-refractivity contribution in [2.75, 3.05) is 6.54 Å². The molecule has 16 heavy (non-hydrogen) atoms. The minimum atomic E-state index is -4.29. The molecule has 0 fully saturated rings. The third-order valence-electron chi connectivity index (χ3n) is 1.69. The van der Waals surface area contributed by atoms with E-state index in [1.54, 1.807) is 6.08 Å². The van der Waals surface area contributed by atoms with Crippen LogP contribution in [0, 0.1) is 0 Å². The van der Waals surface area contributed by atoms with E-state index in [9.17, 15) is 13.2 Å². The Labute approximate surface area is 98.8 Å². The molecule has 0 atom stereocenters. The van der Waals surface area contributed by atoms with Crippen molar-refractivity contribution >= 4 is 23.8 Å². The summed E-state index contributed by atoms with van der Waals surface area (Å²) in [4.78, 5) is 3.88. The fourth-order valence-corrected chi connectivity index (χ4v) is 1.00. The molecule has 0 saturated carbocycles. The molecule has 0 bridgehead atoms. The predicted octanol–water partition coefficient (Wildman–Crippen LogP) is 3.90. The summed E-state index contributed by atoms with van der Waals surface area (Å²) in [5, 5.41) is 1.42. The van der Waals surface area contributed by atoms with Gasteiger partial charge in [0, 0.05) is 17.2 Å². The van der Waals surface area contributed by atoms with Gasteiger partial charge in [0.05, 0.1) is 6.54 Å². The number of hydrogen-bond acceptors (Lipinski definition) is 2. The maximum Gasteiger partial charge on any atom is 0.412 e. The normalized spacial score (nSPS) is 14.6. The number of rotatable bonds is 5. The summed E-state index contributed by atoms with van der Waals surface area (Å²) >= 11 is 4.56. The first-order valence-electron chi connectivity index (χ1n) is 4.81. The van der Waals surface area contributed by atoms with Crippen LogP contribution in [0.1, 0.15) is 20.3 Å². The standard InChI is InChI=1S/C11H14F3NS/c1-3-4-10(8-15-5-6-16)7-9(2)11(12,13)14/h4,6-8H,3,5H2,1-2H3/b9-7+,10-4+,15-8?. The van der Waals surface area contributed by atoms with Crippen molar-refractivity contribution in [3.63, 3.8) is 0 Å². The predicted molar refractivity (Wildman–Crippen MR) is 65.2 cm³/mol. The van der Waals surface area contributed by atoms with Crippen molar-refractivity contribution in [2.24, 2.45) is 4.99 Å². The topological polar surface area (TPSA) is 12.4 Å². The molecule has 90 valence electrons. The zero-order chi connectivity index (χ0) is 12.6. The average Bonchev–Trinajstić information content (AvgIpc) is 2.16. The first-order chi connectivity index (χ1) is 7.41. The molecule has 0 rings (SSSR count). The first kappa shape index (κ1) is 15.0. The number of halogens is 3. The molecule has 0 aliphatic heterocycles. The van der Waals surface area contributed by atoms with Crippen molar-refractivity contribution in [1.82, 2.24) is 0 Å². The number of nitrogens with zero attached hydrogens (tertiary/aromatic N) is 1. The summed E-state index contributed by atoms with van der Waals surface area (Å²) < 4.78 is 36.8. The molecular weight excluding hydrogens is 235 g/mol. The van der Waals surface area contributed by atoms with Gasteiger partial charge in [0.1, 0.15) is 0 Å². The smallest absolute Gasteiger partial charge is 0.288 e. The molecular formula is C11H14F3NS. The van der Waals surface area contributed by atoms with E-state index in [0.29, 0.717) is 18.5 Å². The maximum absolute atomic E-state index is 12.3. The van der Waals surface area contributed by atoms with Gasteiger partial charge in [-0.3, -0.25) is 4.99 Å². The highest BCUT2D eigenvalue weighted by atomic mass is 32.1. The van der Waals surface area contributed by atoms with Crippen molar-refractivity contribution in [1.29, 1.82) is 0 Å². The molecule has 0 N–H and O–H groups in total. The van der Waals surface area contributed by atoms with Crippen LogP contribution < -0.4 is 0 Å². The molecule has 0 amide bonds. The SMILES string of the molecule is CC/C=C(C=NCC=S)\C=C(/C)C(F)(F)F. The molecule has 0 aromatic carbocycles. The van der Waals surface area contributed by atoms with Gasteiger partial charge < -0.3 is 0 Å². The van der Waals surface area contributed by atoms with Crippen LogP contribution in [0.15, 0.2) is 28.3 Å². The summed E-state index contributed by atoms with van der Waals surface area (Å²) in [7, 11) is 0. The zero-order valence-corrected chi connectivity index (χ0v) is 10.0. The summed E-state index contributed by atoms with van der Waals surface area (Å²) in [6.07, 6.45) is 0.533. The summed E-state index contributed by atoms with van der Waals surface area (Å²) in [5.41, 5.74) is -0.185. The van der Waals surface area contributed by atoms with Gasteiger partial charge in [0.15, 0.2) is 0 Å². The number of alkyl halides is 3. The Morgan fingerprint density at radius 3 is 2.44 bits per heavy atom. The van der Waals surface area contributed by atoms with E-state index in [4.69, 9.17) is 0 Å². The lowest BCUT2D eigenvalue weighted by Crippen LogP contribution is -2.09. The Hall–Kier alpha value is -0.970. The summed E-state index contributed by atoms with van der Waals surface area (Å²) in [6, 6.07) is 0. The Bertz CT molecular complexity index is 314. The Kier molecular flexibility index (Phi) is 6.88. The van der Waals surface area contributed by atoms with Gasteiger partial charge in [-0.25, -0.2) is 0 Å². The third-order valence-corrected chi connectivity index (χ3v) is 1.84. The van der Waals surface area contributed by atoms with Gasteiger partial charge in [-0.15, -0.1) is 0 Å². The quantitative estimate of drug-likeness (QED) is 0.409. The van der Waals surface area contributed by atoms with E-state index < -0.39 is 11.7 Å². The minimum Gasteiger partial charge on any atom is -0.288 e. The fourth-order valence-electron chi connectivity index (χ4n) is 0.918. The van der Waals surface area contributed by atoms with Gasteiger partial charge in [-0.2, -0.15) is 13.2 Å². The van der Waals surface area contributed by atoms with E-state index in [0.717, 1.165) is 13.0 Å². The van der Waals surface area contributed by atoms with Crippen LogP contribution >= 0.6 is 12.2 Å². The van der Waals surface area contributed by atoms with Gasteiger partial charge in [0.25, 0.3) is 0 Å². The summed E-state index contributed by atoms with van der Waals surface area (Å²) in [5.74, 6) is 0. The van der Waals surface area contributed by atoms with E-state index in [1.807, 2.05) is 6.92 Å². The Morgan fingerprint density at radius 2 is 2.00 bits per heavy atom. The van der Waals surface area contributed by atoms with Gasteiger partial charge >= 0.3 is 6.18 Å². The fraction of sp³-hybridized carbons (Fsp3) is 0.455. The lowest BCUT2D eigenvalue weighted by Gasteiger charge is -2.06. The number of allylic oxidation sites excluding steroid dienone is 4. The molecule has 0 saturated heterocycles. The van der Waals surface area contributed by atoms with E-state index in [-0.39, 0.29) is 0 Å². The van der Waals surface area contributed by atoms with E-state index in [1.165, 1.54) is 11.6 Å². The second-order valence-corrected chi connectivity index (χ2v) is 3.43. The second-order valence-electron chi connectivity index (χ2n) is 3.10. The average molecular weight is 249 g/mol. The highest BCUT2D eigenvalue weighted by molar-refractivity contribution is 7.79. The lowest BCUT2D eigenvalue weighted by molar-refractivity contribution is -0.0913. The Balaban J connectivity index is 4.83. The summed E-state index contributed by atoms with van der Waals surface area (Å²) in [6.45, 7) is 3.22. The van der Waals surface area contributed by atoms with Crippen molar-refractivity contribution in [3.05, 3.63) is 23.3 Å². The van der Waals surface area contributed by atoms with Crippen molar-refractivity contribution in [2.45, 2.75) is 26.4 Å². The largest absolute Gasteiger partial charge is 0.412 e. The van der Waals surface area contributed by atoms with Crippen LogP contribution in [0.4, 0.5) is 13.2 Å². The molecule has 0 radical (unpaired) electrons. The molecule has 5 heteroatoms. The van der Waals surface area contributed by atoms with Gasteiger partial charge in [0.2, 0.25) is 0 Å². The van der Waals surface area contributed by atoms with Crippen LogP contribution in [-0.4, -0.2) is 24.3 Å². The van der Waals surface area contributed by atoms with Gasteiger partial charge in [-0.05, 0) is 25.0 Å². The number of hydrogen-bond donors (Lipinski definition) is 0. The highest BCUT2D eigenvalue weighted by Crippen LogP contribution is 2.25. The molecule has 0 spiro atoms. The lowest BCUT2D eigenvalue weighted by atomic mass is 10.1. The first-order valence-corrected chi connectivity index (χ1v) is 5.28. The van der Waals surface area contributed by atoms with Crippen LogP contribution in [0.2, 0.25) is 0 Å². The zero-order valence-electron chi connectivity index (χ0n) is 9.21. The monoisotopic (exact) mass is 249 g/mol. The molecule has 0 aliphatic rings. The third kappa shape index (κ3) is 6.50. The van der Waals surface area contributed by atoms with E-state index in [2.05, 4.69) is 17.2 Å². The molecule has 0 unspecified atom stereocenters. The van der Waals surface area contributed by atoms with Crippen molar-refractivity contribution < 1.29 is 13.2 Å². The molecule has 0 aliphatic carbocycles. The number of aliphatic imine (C=N–C) groups is 1. The molecule has 0 aromatic heterocycles. The minimum absolute atomic E-state index is 0.329. The van der Waals surface area contributed by atoms with Crippen LogP contribution in [0.25, 0.3) is 0 Å². The second kappa shape index (κ2) is 7.33. The van der Waals surface area contributed by atoms with Crippen LogP contribution in [0.3, 0.4) is 0 Å². The number of thiocarbonyl (C=S) groups is 1. The van der Waals surface area contributed by atoms with Crippen LogP contribution in [-0.2, 0) is 0 Å². The van der Waals surface area contributed by atoms with Gasteiger partial charge in [-0.1, -0.05) is 25.2 Å². The van der Waals surface area contributed by atoms with Crippen LogP contribution in [0.5, 0.6) is 0 Å².